The minimum atomic E-state index is 1.16. The van der Waals surface area contributed by atoms with Crippen LogP contribution in [0.1, 0.15) is 108 Å². The first-order valence-corrected chi connectivity index (χ1v) is 12.6. The Morgan fingerprint density at radius 1 is 0.600 bits per heavy atom. The minimum Gasteiger partial charge on any atom is -0.171 e. The van der Waals surface area contributed by atoms with Crippen molar-refractivity contribution in [3.63, 3.8) is 0 Å². The molecular formula is C29H44N+. The van der Waals surface area contributed by atoms with Gasteiger partial charge in [0.1, 0.15) is 0 Å². The van der Waals surface area contributed by atoms with Gasteiger partial charge in [-0.05, 0) is 12.0 Å². The molecule has 0 amide bonds. The van der Waals surface area contributed by atoms with E-state index >= 15 is 0 Å². The number of nitrogens with zero attached hydrogens (tertiary/aromatic N) is 1. The Balaban J connectivity index is 1.51. The van der Waals surface area contributed by atoms with Gasteiger partial charge in [-0.2, -0.15) is 4.57 Å². The van der Waals surface area contributed by atoms with E-state index in [1.807, 2.05) is 0 Å². The number of benzene rings is 1. The SMILES string of the molecule is CCCCCCCCCCCCCCCCc1cccc[n+]1C=Cc1ccccc1. The number of aromatic nitrogens is 1. The van der Waals surface area contributed by atoms with Gasteiger partial charge in [-0.25, -0.2) is 0 Å². The molecule has 0 aliphatic heterocycles. The van der Waals surface area contributed by atoms with E-state index in [-0.39, 0.29) is 0 Å². The lowest BCUT2D eigenvalue weighted by Crippen LogP contribution is -2.30. The van der Waals surface area contributed by atoms with E-state index in [0.29, 0.717) is 0 Å². The molecule has 0 unspecified atom stereocenters. The zero-order valence-corrected chi connectivity index (χ0v) is 19.4. The topological polar surface area (TPSA) is 3.88 Å². The van der Waals surface area contributed by atoms with Gasteiger partial charge in [-0.3, -0.25) is 0 Å². The highest BCUT2D eigenvalue weighted by molar-refractivity contribution is 5.56. The van der Waals surface area contributed by atoms with Crippen LogP contribution in [-0.4, -0.2) is 0 Å². The molecule has 0 fully saturated rings. The molecule has 0 aliphatic rings. The number of hydrogen-bond acceptors (Lipinski definition) is 0. The summed E-state index contributed by atoms with van der Waals surface area (Å²) >= 11 is 0. The molecule has 2 aromatic rings. The van der Waals surface area contributed by atoms with Crippen molar-refractivity contribution in [1.82, 2.24) is 0 Å². The maximum Gasteiger partial charge on any atom is 0.186 e. The molecule has 1 aromatic carbocycles. The molecule has 0 atom stereocenters. The van der Waals surface area contributed by atoms with Crippen LogP contribution in [0, 0.1) is 0 Å². The number of rotatable bonds is 17. The highest BCUT2D eigenvalue weighted by Gasteiger charge is 2.06. The molecule has 1 heteroatoms. The van der Waals surface area contributed by atoms with Crippen LogP contribution in [0.2, 0.25) is 0 Å². The van der Waals surface area contributed by atoms with Crippen LogP contribution in [0.5, 0.6) is 0 Å². The standard InChI is InChI=1S/C29H44N/c1-2-3-4-5-6-7-8-9-10-11-12-13-14-18-23-29-24-19-20-26-30(29)27-25-28-21-16-15-17-22-28/h15-17,19-22,24-27H,2-14,18,23H2,1H3/q+1. The molecule has 0 spiro atoms. The predicted molar refractivity (Wildman–Crippen MR) is 132 cm³/mol. The first kappa shape index (κ1) is 24.4. The molecule has 0 bridgehead atoms. The molecule has 1 heterocycles. The van der Waals surface area contributed by atoms with Crippen LogP contribution in [-0.2, 0) is 6.42 Å². The Morgan fingerprint density at radius 2 is 1.13 bits per heavy atom. The first-order chi connectivity index (χ1) is 14.9. The third-order valence-electron chi connectivity index (χ3n) is 5.99. The zero-order valence-electron chi connectivity index (χ0n) is 19.4. The summed E-state index contributed by atoms with van der Waals surface area (Å²) in [5.74, 6) is 0. The van der Waals surface area contributed by atoms with E-state index in [0.717, 1.165) is 6.42 Å². The number of hydrogen-bond donors (Lipinski definition) is 0. The van der Waals surface area contributed by atoms with Gasteiger partial charge >= 0.3 is 0 Å². The Hall–Kier alpha value is -1.89. The van der Waals surface area contributed by atoms with Crippen LogP contribution in [0.4, 0.5) is 0 Å². The smallest absolute Gasteiger partial charge is 0.171 e. The summed E-state index contributed by atoms with van der Waals surface area (Å²) in [6.07, 6.45) is 27.5. The van der Waals surface area contributed by atoms with Gasteiger partial charge in [-0.1, -0.05) is 127 Å². The van der Waals surface area contributed by atoms with E-state index < -0.39 is 0 Å². The molecule has 0 saturated carbocycles. The lowest BCUT2D eigenvalue weighted by Gasteiger charge is -2.03. The van der Waals surface area contributed by atoms with E-state index in [4.69, 9.17) is 0 Å². The van der Waals surface area contributed by atoms with Gasteiger partial charge < -0.3 is 0 Å². The Kier molecular flexibility index (Phi) is 13.7. The maximum atomic E-state index is 2.29. The highest BCUT2D eigenvalue weighted by atomic mass is 14.9. The summed E-state index contributed by atoms with van der Waals surface area (Å²) in [4.78, 5) is 0. The van der Waals surface area contributed by atoms with Crippen LogP contribution in [0.15, 0.2) is 54.7 Å². The molecule has 1 nitrogen and oxygen atoms in total. The summed E-state index contributed by atoms with van der Waals surface area (Å²) < 4.78 is 2.27. The molecule has 30 heavy (non-hydrogen) atoms. The van der Waals surface area contributed by atoms with Crippen molar-refractivity contribution in [3.05, 3.63) is 66.0 Å². The highest BCUT2D eigenvalue weighted by Crippen LogP contribution is 2.13. The fourth-order valence-electron chi connectivity index (χ4n) is 4.08. The van der Waals surface area contributed by atoms with Gasteiger partial charge in [0.2, 0.25) is 0 Å². The summed E-state index contributed by atoms with van der Waals surface area (Å²) in [5, 5.41) is 0. The van der Waals surface area contributed by atoms with Gasteiger partial charge in [-0.15, -0.1) is 0 Å². The third kappa shape index (κ3) is 11.3. The quantitative estimate of drug-likeness (QED) is 0.183. The van der Waals surface area contributed by atoms with E-state index in [1.54, 1.807) is 0 Å². The van der Waals surface area contributed by atoms with Gasteiger partial charge in [0.25, 0.3) is 0 Å². The summed E-state index contributed by atoms with van der Waals surface area (Å²) in [5.41, 5.74) is 2.65. The van der Waals surface area contributed by atoms with Crippen molar-refractivity contribution in [1.29, 1.82) is 0 Å². The lowest BCUT2D eigenvalue weighted by atomic mass is 10.0. The zero-order chi connectivity index (χ0) is 21.1. The minimum absolute atomic E-state index is 1.16. The van der Waals surface area contributed by atoms with Crippen molar-refractivity contribution in [2.75, 3.05) is 0 Å². The summed E-state index contributed by atoms with van der Waals surface area (Å²) in [7, 11) is 0. The van der Waals surface area contributed by atoms with Gasteiger partial charge in [0.05, 0.1) is 0 Å². The second-order valence-electron chi connectivity index (χ2n) is 8.67. The molecule has 1 aromatic heterocycles. The molecule has 2 rings (SSSR count). The Morgan fingerprint density at radius 3 is 1.73 bits per heavy atom. The van der Waals surface area contributed by atoms with Gasteiger partial charge in [0, 0.05) is 24.6 Å². The molecule has 0 aliphatic carbocycles. The summed E-state index contributed by atoms with van der Waals surface area (Å²) in [6.45, 7) is 2.29. The van der Waals surface area contributed by atoms with Crippen LogP contribution < -0.4 is 4.57 Å². The Bertz CT molecular complexity index is 674. The number of aryl methyl sites for hydroxylation is 1. The van der Waals surface area contributed by atoms with Crippen molar-refractivity contribution < 1.29 is 4.57 Å². The molecule has 0 N–H and O–H groups in total. The van der Waals surface area contributed by atoms with Crippen molar-refractivity contribution in [2.24, 2.45) is 0 Å². The van der Waals surface area contributed by atoms with Crippen LogP contribution in [0.3, 0.4) is 0 Å². The van der Waals surface area contributed by atoms with Gasteiger partial charge in [0.15, 0.2) is 18.1 Å². The summed E-state index contributed by atoms with van der Waals surface area (Å²) in [6, 6.07) is 17.1. The van der Waals surface area contributed by atoms with E-state index in [2.05, 4.69) is 78.5 Å². The predicted octanol–water partition coefficient (Wildman–Crippen LogP) is 8.63. The fraction of sp³-hybridized carbons (Fsp3) is 0.552. The third-order valence-corrected chi connectivity index (χ3v) is 5.99. The van der Waals surface area contributed by atoms with Crippen LogP contribution in [0.25, 0.3) is 12.3 Å². The Labute approximate surface area is 186 Å². The normalized spacial score (nSPS) is 11.4. The average molecular weight is 407 g/mol. The average Bonchev–Trinajstić information content (AvgIpc) is 2.79. The monoisotopic (exact) mass is 406 g/mol. The second kappa shape index (κ2) is 16.9. The lowest BCUT2D eigenvalue weighted by molar-refractivity contribution is -0.576. The number of unbranched alkanes of at least 4 members (excludes halogenated alkanes) is 13. The second-order valence-corrected chi connectivity index (χ2v) is 8.67. The largest absolute Gasteiger partial charge is 0.186 e. The molecule has 164 valence electrons. The van der Waals surface area contributed by atoms with E-state index in [1.165, 1.54) is 101 Å². The maximum absolute atomic E-state index is 2.29. The van der Waals surface area contributed by atoms with Crippen molar-refractivity contribution >= 4 is 12.3 Å². The molecular weight excluding hydrogens is 362 g/mol. The fourth-order valence-corrected chi connectivity index (χ4v) is 4.08. The van der Waals surface area contributed by atoms with Crippen LogP contribution >= 0.6 is 0 Å². The first-order valence-electron chi connectivity index (χ1n) is 12.6. The molecule has 0 saturated heterocycles. The number of pyridine rings is 1. The van der Waals surface area contributed by atoms with Crippen molar-refractivity contribution in [3.8, 4) is 0 Å². The van der Waals surface area contributed by atoms with Crippen molar-refractivity contribution in [2.45, 2.75) is 103 Å². The van der Waals surface area contributed by atoms with E-state index in [9.17, 15) is 0 Å². The molecule has 0 radical (unpaired) electrons.